The Balaban J connectivity index is 1.72. The summed E-state index contributed by atoms with van der Waals surface area (Å²) < 4.78 is 7.22. The molecule has 144 valence electrons. The fourth-order valence-electron chi connectivity index (χ4n) is 3.44. The maximum atomic E-state index is 12.1. The maximum Gasteiger partial charge on any atom is 0.283 e. The van der Waals surface area contributed by atoms with Gasteiger partial charge in [0.05, 0.1) is 17.3 Å². The lowest BCUT2D eigenvalue weighted by atomic mass is 9.99. The van der Waals surface area contributed by atoms with E-state index in [2.05, 4.69) is 15.9 Å². The highest BCUT2D eigenvalue weighted by molar-refractivity contribution is 6.30. The molecule has 0 spiro atoms. The van der Waals surface area contributed by atoms with Crippen molar-refractivity contribution in [1.82, 2.24) is 14.5 Å². The Morgan fingerprint density at radius 3 is 2.68 bits per heavy atom. The largest absolute Gasteiger partial charge is 0.387 e. The van der Waals surface area contributed by atoms with Crippen LogP contribution < -0.4 is 5.56 Å². The average Bonchev–Trinajstić information content (AvgIpc) is 3.21. The van der Waals surface area contributed by atoms with Gasteiger partial charge in [0.25, 0.3) is 5.56 Å². The highest BCUT2D eigenvalue weighted by Crippen LogP contribution is 2.37. The molecule has 0 aliphatic carbocycles. The number of halogens is 1. The van der Waals surface area contributed by atoms with Crippen molar-refractivity contribution < 1.29 is 20.1 Å². The van der Waals surface area contributed by atoms with Crippen LogP contribution in [0.2, 0.25) is 5.02 Å². The standard InChI is InChI=1S/C19H16ClN3O5/c1-2-9-7-23(17-12(9)18(27)22-8-21-17)19-15(26)14(25)16(28-19)13(24)10-3-5-11(20)6-4-10/h1,3-8,13-16,19,24-26H,(H,21,22,27)/t13-,14+,15-,16-,19-/m1/s1. The lowest BCUT2D eigenvalue weighted by Crippen LogP contribution is -2.34. The molecule has 1 aromatic carbocycles. The van der Waals surface area contributed by atoms with E-state index < -0.39 is 36.2 Å². The van der Waals surface area contributed by atoms with Crippen molar-refractivity contribution in [2.75, 3.05) is 0 Å². The Morgan fingerprint density at radius 1 is 1.29 bits per heavy atom. The molecule has 3 heterocycles. The number of aliphatic hydroxyl groups excluding tert-OH is 3. The van der Waals surface area contributed by atoms with Crippen LogP contribution in [-0.4, -0.2) is 48.2 Å². The number of nitrogens with one attached hydrogen (secondary N) is 1. The lowest BCUT2D eigenvalue weighted by molar-refractivity contribution is -0.0848. The van der Waals surface area contributed by atoms with Crippen LogP contribution >= 0.6 is 11.6 Å². The molecule has 28 heavy (non-hydrogen) atoms. The molecule has 0 bridgehead atoms. The number of terminal acetylenes is 1. The number of fused-ring (bicyclic) bond motifs is 1. The number of aliphatic hydroxyl groups is 3. The van der Waals surface area contributed by atoms with Crippen LogP contribution in [-0.2, 0) is 4.74 Å². The third-order valence-corrected chi connectivity index (χ3v) is 5.11. The first-order valence-electron chi connectivity index (χ1n) is 8.42. The van der Waals surface area contributed by atoms with Crippen LogP contribution in [0.4, 0.5) is 0 Å². The number of ether oxygens (including phenoxy) is 1. The maximum absolute atomic E-state index is 12.1. The number of rotatable bonds is 3. The Bertz CT molecular complexity index is 1120. The van der Waals surface area contributed by atoms with Crippen LogP contribution in [0.15, 0.2) is 41.6 Å². The van der Waals surface area contributed by atoms with E-state index in [-0.39, 0.29) is 10.9 Å². The van der Waals surface area contributed by atoms with E-state index in [9.17, 15) is 20.1 Å². The predicted octanol–water partition coefficient (Wildman–Crippen LogP) is 0.712. The molecule has 4 rings (SSSR count). The molecule has 1 saturated heterocycles. The van der Waals surface area contributed by atoms with Crippen molar-refractivity contribution in [3.05, 3.63) is 63.3 Å². The minimum Gasteiger partial charge on any atom is -0.387 e. The molecule has 1 aliphatic heterocycles. The summed E-state index contributed by atoms with van der Waals surface area (Å²) in [6.45, 7) is 0. The van der Waals surface area contributed by atoms with Crippen LogP contribution in [0.25, 0.3) is 11.0 Å². The van der Waals surface area contributed by atoms with E-state index >= 15 is 0 Å². The molecular weight excluding hydrogens is 386 g/mol. The summed E-state index contributed by atoms with van der Waals surface area (Å²) in [5.74, 6) is 2.40. The van der Waals surface area contributed by atoms with Crippen molar-refractivity contribution in [3.8, 4) is 12.3 Å². The molecule has 3 aromatic rings. The number of hydrogen-bond acceptors (Lipinski definition) is 6. The smallest absolute Gasteiger partial charge is 0.283 e. The van der Waals surface area contributed by atoms with E-state index in [0.717, 1.165) is 0 Å². The average molecular weight is 402 g/mol. The SMILES string of the molecule is C#Cc1cn([C@@H]2O[C@H]([C@H](O)c3ccc(Cl)cc3)[C@@H](O)[C@H]2O)c2[nH]cnc(=O)c12. The molecule has 0 unspecified atom stereocenters. The van der Waals surface area contributed by atoms with Crippen molar-refractivity contribution in [3.63, 3.8) is 0 Å². The van der Waals surface area contributed by atoms with Crippen LogP contribution in [0.3, 0.4) is 0 Å². The monoisotopic (exact) mass is 401 g/mol. The molecule has 5 atom stereocenters. The van der Waals surface area contributed by atoms with Gasteiger partial charge in [-0.3, -0.25) is 4.79 Å². The van der Waals surface area contributed by atoms with Gasteiger partial charge in [-0.1, -0.05) is 29.7 Å². The van der Waals surface area contributed by atoms with Gasteiger partial charge in [0.1, 0.15) is 30.1 Å². The third kappa shape index (κ3) is 2.90. The number of nitrogens with zero attached hydrogens (tertiary/aromatic N) is 2. The Morgan fingerprint density at radius 2 is 2.00 bits per heavy atom. The van der Waals surface area contributed by atoms with Gasteiger partial charge in [-0.15, -0.1) is 6.42 Å². The molecule has 4 N–H and O–H groups in total. The second kappa shape index (κ2) is 7.05. The van der Waals surface area contributed by atoms with E-state index in [1.807, 2.05) is 0 Å². The second-order valence-electron chi connectivity index (χ2n) is 6.49. The van der Waals surface area contributed by atoms with Gasteiger partial charge in [-0.2, -0.15) is 4.98 Å². The minimum atomic E-state index is -1.38. The fourth-order valence-corrected chi connectivity index (χ4v) is 3.57. The number of aromatic nitrogens is 3. The van der Waals surface area contributed by atoms with Crippen molar-refractivity contribution in [2.24, 2.45) is 0 Å². The van der Waals surface area contributed by atoms with E-state index in [4.69, 9.17) is 22.8 Å². The summed E-state index contributed by atoms with van der Waals surface area (Å²) in [7, 11) is 0. The van der Waals surface area contributed by atoms with Gasteiger partial charge in [-0.05, 0) is 17.7 Å². The first-order valence-corrected chi connectivity index (χ1v) is 8.80. The van der Waals surface area contributed by atoms with Gasteiger partial charge in [0, 0.05) is 11.2 Å². The minimum absolute atomic E-state index is 0.178. The van der Waals surface area contributed by atoms with Crippen molar-refractivity contribution >= 4 is 22.6 Å². The molecule has 0 saturated carbocycles. The summed E-state index contributed by atoms with van der Waals surface area (Å²) in [4.78, 5) is 18.5. The highest BCUT2D eigenvalue weighted by atomic mass is 35.5. The predicted molar refractivity (Wildman–Crippen MR) is 101 cm³/mol. The fraction of sp³-hybridized carbons (Fsp3) is 0.263. The number of aromatic amines is 1. The van der Waals surface area contributed by atoms with Gasteiger partial charge in [-0.25, -0.2) is 0 Å². The van der Waals surface area contributed by atoms with E-state index in [0.29, 0.717) is 16.2 Å². The Labute approximate surface area is 164 Å². The first-order chi connectivity index (χ1) is 13.4. The zero-order valence-electron chi connectivity index (χ0n) is 14.4. The summed E-state index contributed by atoms with van der Waals surface area (Å²) in [5, 5.41) is 32.3. The zero-order chi connectivity index (χ0) is 20.0. The van der Waals surface area contributed by atoms with Gasteiger partial charge < -0.3 is 29.6 Å². The lowest BCUT2D eigenvalue weighted by Gasteiger charge is -2.21. The highest BCUT2D eigenvalue weighted by Gasteiger charge is 2.47. The van der Waals surface area contributed by atoms with Crippen LogP contribution in [0, 0.1) is 12.3 Å². The summed E-state index contributed by atoms with van der Waals surface area (Å²) in [5.41, 5.74) is 0.522. The molecule has 1 fully saturated rings. The Hall–Kier alpha value is -2.67. The second-order valence-corrected chi connectivity index (χ2v) is 6.93. The van der Waals surface area contributed by atoms with Gasteiger partial charge in [0.2, 0.25) is 0 Å². The van der Waals surface area contributed by atoms with Gasteiger partial charge in [0.15, 0.2) is 6.23 Å². The summed E-state index contributed by atoms with van der Waals surface area (Å²) in [6, 6.07) is 6.42. The molecule has 9 heteroatoms. The van der Waals surface area contributed by atoms with Crippen LogP contribution in [0.5, 0.6) is 0 Å². The van der Waals surface area contributed by atoms with E-state index in [1.165, 1.54) is 17.1 Å². The summed E-state index contributed by atoms with van der Waals surface area (Å²) in [6.07, 6.45) is 2.00. The summed E-state index contributed by atoms with van der Waals surface area (Å²) >= 11 is 5.86. The van der Waals surface area contributed by atoms with E-state index in [1.54, 1.807) is 24.3 Å². The molecular formula is C19H16ClN3O5. The molecule has 8 nitrogen and oxygen atoms in total. The third-order valence-electron chi connectivity index (χ3n) is 4.86. The number of benzene rings is 1. The normalized spacial score (nSPS) is 25.7. The number of hydrogen-bond donors (Lipinski definition) is 4. The first kappa shape index (κ1) is 18.7. The molecule has 0 amide bonds. The quantitative estimate of drug-likeness (QED) is 0.480. The molecule has 0 radical (unpaired) electrons. The number of H-pyrrole nitrogens is 1. The Kier molecular flexibility index (Phi) is 4.71. The molecule has 1 aliphatic rings. The zero-order valence-corrected chi connectivity index (χ0v) is 15.1. The van der Waals surface area contributed by atoms with Crippen molar-refractivity contribution in [2.45, 2.75) is 30.6 Å². The molecule has 2 aromatic heterocycles. The topological polar surface area (TPSA) is 121 Å². The van der Waals surface area contributed by atoms with Gasteiger partial charge >= 0.3 is 0 Å². The van der Waals surface area contributed by atoms with Crippen molar-refractivity contribution in [1.29, 1.82) is 0 Å². The van der Waals surface area contributed by atoms with Crippen LogP contribution in [0.1, 0.15) is 23.5 Å².